The molecule has 0 aliphatic rings. The highest BCUT2D eigenvalue weighted by Crippen LogP contribution is 2.42. The van der Waals surface area contributed by atoms with Crippen molar-refractivity contribution in [1.82, 2.24) is 24.1 Å². The highest BCUT2D eigenvalue weighted by atomic mass is 16.4. The van der Waals surface area contributed by atoms with Crippen molar-refractivity contribution >= 4 is 60.2 Å². The largest absolute Gasteiger partial charge is 0.416 e. The molecule has 6 aromatic carbocycles. The molecule has 0 spiro atoms. The number of nitrogens with zero attached hydrogens (tertiary/aromatic N) is 5. The van der Waals surface area contributed by atoms with E-state index in [1.807, 2.05) is 42.5 Å². The smallest absolute Gasteiger partial charge is 0.248 e. The first-order valence-corrected chi connectivity index (χ1v) is 15.0. The van der Waals surface area contributed by atoms with Gasteiger partial charge in [-0.15, -0.1) is 10.2 Å². The summed E-state index contributed by atoms with van der Waals surface area (Å²) in [4.78, 5) is 5.14. The molecule has 0 saturated heterocycles. The number of imidazole rings is 1. The average Bonchev–Trinajstić information content (AvgIpc) is 3.83. The molecule has 0 unspecified atom stereocenters. The van der Waals surface area contributed by atoms with Crippen LogP contribution in [0.4, 0.5) is 0 Å². The zero-order valence-electron chi connectivity index (χ0n) is 23.9. The van der Waals surface area contributed by atoms with Crippen LogP contribution in [0.15, 0.2) is 144 Å². The van der Waals surface area contributed by atoms with E-state index in [0.717, 1.165) is 55.4 Å². The molecule has 4 aromatic heterocycles. The highest BCUT2D eigenvalue weighted by molar-refractivity contribution is 6.30. The van der Waals surface area contributed by atoms with Crippen LogP contribution in [0.5, 0.6) is 0 Å². The van der Waals surface area contributed by atoms with Gasteiger partial charge in [0.25, 0.3) is 0 Å². The SMILES string of the molecule is c1ccc(-c2nnc(-c3ccc(-n4c5ccccc5c5c6c7ccccc7n7c8ccccc8nc7c6ccc54)cc3)o2)cc1. The van der Waals surface area contributed by atoms with E-state index in [1.54, 1.807) is 0 Å². The van der Waals surface area contributed by atoms with E-state index in [4.69, 9.17) is 9.40 Å². The zero-order chi connectivity index (χ0) is 29.5. The van der Waals surface area contributed by atoms with Gasteiger partial charge in [-0.05, 0) is 72.8 Å². The second kappa shape index (κ2) is 9.11. The molecule has 10 aromatic rings. The number of benzene rings is 6. The molecule has 0 N–H and O–H groups in total. The molecule has 0 bridgehead atoms. The average molecular weight is 578 g/mol. The van der Waals surface area contributed by atoms with Crippen LogP contribution in [0.3, 0.4) is 0 Å². The first-order chi connectivity index (χ1) is 22.3. The zero-order valence-corrected chi connectivity index (χ0v) is 23.9. The van der Waals surface area contributed by atoms with Crippen LogP contribution < -0.4 is 0 Å². The van der Waals surface area contributed by atoms with E-state index < -0.39 is 0 Å². The van der Waals surface area contributed by atoms with Crippen molar-refractivity contribution in [1.29, 1.82) is 0 Å². The van der Waals surface area contributed by atoms with Gasteiger partial charge in [-0.3, -0.25) is 4.40 Å². The molecule has 6 nitrogen and oxygen atoms in total. The lowest BCUT2D eigenvalue weighted by Gasteiger charge is -2.12. The Hall–Kier alpha value is -6.27. The first-order valence-electron chi connectivity index (χ1n) is 15.0. The molecule has 0 aliphatic carbocycles. The molecule has 0 aliphatic heterocycles. The summed E-state index contributed by atoms with van der Waals surface area (Å²) in [6.45, 7) is 0. The summed E-state index contributed by atoms with van der Waals surface area (Å²) < 4.78 is 10.7. The molecule has 0 atom stereocenters. The Kier molecular flexibility index (Phi) is 4.90. The van der Waals surface area contributed by atoms with Crippen LogP contribution in [-0.4, -0.2) is 24.1 Å². The second-order valence-electron chi connectivity index (χ2n) is 11.3. The second-order valence-corrected chi connectivity index (χ2v) is 11.3. The predicted molar refractivity (Wildman–Crippen MR) is 181 cm³/mol. The third kappa shape index (κ3) is 3.42. The van der Waals surface area contributed by atoms with Gasteiger partial charge in [-0.25, -0.2) is 4.98 Å². The quantitative estimate of drug-likeness (QED) is 0.196. The maximum atomic E-state index is 6.04. The Balaban J connectivity index is 1.22. The van der Waals surface area contributed by atoms with E-state index >= 15 is 0 Å². The summed E-state index contributed by atoms with van der Waals surface area (Å²) >= 11 is 0. The summed E-state index contributed by atoms with van der Waals surface area (Å²) in [7, 11) is 0. The topological polar surface area (TPSA) is 61.2 Å². The van der Waals surface area contributed by atoms with E-state index in [1.165, 1.54) is 21.5 Å². The Bertz CT molecular complexity index is 2750. The van der Waals surface area contributed by atoms with Crippen LogP contribution in [0.25, 0.3) is 88.8 Å². The van der Waals surface area contributed by atoms with Crippen molar-refractivity contribution in [3.05, 3.63) is 140 Å². The van der Waals surface area contributed by atoms with Gasteiger partial charge in [-0.1, -0.05) is 66.7 Å². The monoisotopic (exact) mass is 577 g/mol. The molecule has 4 heterocycles. The van der Waals surface area contributed by atoms with Gasteiger partial charge in [0.2, 0.25) is 11.8 Å². The van der Waals surface area contributed by atoms with Gasteiger partial charge >= 0.3 is 0 Å². The molecule has 0 amide bonds. The number of aromatic nitrogens is 5. The van der Waals surface area contributed by atoms with Gasteiger partial charge in [-0.2, -0.15) is 0 Å². The van der Waals surface area contributed by atoms with Crippen LogP contribution in [0.2, 0.25) is 0 Å². The maximum Gasteiger partial charge on any atom is 0.248 e. The fraction of sp³-hybridized carbons (Fsp3) is 0. The van der Waals surface area contributed by atoms with Crippen molar-refractivity contribution in [3.63, 3.8) is 0 Å². The van der Waals surface area contributed by atoms with E-state index in [9.17, 15) is 0 Å². The normalized spacial score (nSPS) is 12.0. The van der Waals surface area contributed by atoms with Crippen LogP contribution >= 0.6 is 0 Å². The minimum atomic E-state index is 0.496. The fourth-order valence-corrected chi connectivity index (χ4v) is 6.93. The molecule has 10 rings (SSSR count). The molecule has 0 saturated carbocycles. The van der Waals surface area contributed by atoms with E-state index in [2.05, 4.69) is 116 Å². The molecule has 210 valence electrons. The van der Waals surface area contributed by atoms with Crippen LogP contribution in [0.1, 0.15) is 0 Å². The Morgan fingerprint density at radius 2 is 1.07 bits per heavy atom. The van der Waals surface area contributed by atoms with Crippen LogP contribution in [-0.2, 0) is 0 Å². The van der Waals surface area contributed by atoms with E-state index in [-0.39, 0.29) is 0 Å². The standard InChI is InChI=1S/C39H23N5O/c1-2-10-24(11-3-1)38-41-42-39(45-38)25-18-20-26(21-19-25)43-31-15-7-5-13-28(31)36-34(43)23-22-29-35(36)27-12-4-8-16-32(27)44-33-17-9-6-14-30(33)40-37(29)44/h1-23H. The number of hydrogen-bond acceptors (Lipinski definition) is 4. The van der Waals surface area contributed by atoms with Crippen LogP contribution in [0, 0.1) is 0 Å². The third-order valence-corrected chi connectivity index (χ3v) is 8.87. The lowest BCUT2D eigenvalue weighted by molar-refractivity contribution is 0.584. The lowest BCUT2D eigenvalue weighted by atomic mass is 10.00. The van der Waals surface area contributed by atoms with Crippen molar-refractivity contribution in [2.45, 2.75) is 0 Å². The summed E-state index contributed by atoms with van der Waals surface area (Å²) in [5.74, 6) is 1.01. The highest BCUT2D eigenvalue weighted by Gasteiger charge is 2.20. The Morgan fingerprint density at radius 1 is 0.444 bits per heavy atom. The summed E-state index contributed by atoms with van der Waals surface area (Å²) in [6.07, 6.45) is 0. The minimum absolute atomic E-state index is 0.496. The van der Waals surface area contributed by atoms with Gasteiger partial charge < -0.3 is 8.98 Å². The summed E-state index contributed by atoms with van der Waals surface area (Å²) in [5, 5.41) is 14.6. The number of fused-ring (bicyclic) bond motifs is 12. The number of rotatable bonds is 3. The first kappa shape index (κ1) is 24.2. The third-order valence-electron chi connectivity index (χ3n) is 8.87. The maximum absolute atomic E-state index is 6.04. The van der Waals surface area contributed by atoms with Crippen molar-refractivity contribution in [2.75, 3.05) is 0 Å². The molecule has 45 heavy (non-hydrogen) atoms. The van der Waals surface area contributed by atoms with Gasteiger partial charge in [0, 0.05) is 43.7 Å². The Labute approximate surface area is 256 Å². The number of para-hydroxylation sites is 4. The van der Waals surface area contributed by atoms with Crippen molar-refractivity contribution in [3.8, 4) is 28.6 Å². The minimum Gasteiger partial charge on any atom is -0.416 e. The fourth-order valence-electron chi connectivity index (χ4n) is 6.93. The summed E-state index contributed by atoms with van der Waals surface area (Å²) in [5.41, 5.74) is 9.36. The number of hydrogen-bond donors (Lipinski definition) is 0. The molecular formula is C39H23N5O. The van der Waals surface area contributed by atoms with E-state index in [0.29, 0.717) is 11.8 Å². The Morgan fingerprint density at radius 3 is 1.84 bits per heavy atom. The molecular weight excluding hydrogens is 554 g/mol. The molecule has 6 heteroatoms. The lowest BCUT2D eigenvalue weighted by Crippen LogP contribution is -1.95. The molecule has 0 fully saturated rings. The van der Waals surface area contributed by atoms with Crippen molar-refractivity contribution < 1.29 is 4.42 Å². The predicted octanol–water partition coefficient (Wildman–Crippen LogP) is 9.61. The number of pyridine rings is 1. The van der Waals surface area contributed by atoms with Gasteiger partial charge in [0.15, 0.2) is 0 Å². The van der Waals surface area contributed by atoms with Crippen molar-refractivity contribution in [2.24, 2.45) is 0 Å². The van der Waals surface area contributed by atoms with Gasteiger partial charge in [0.05, 0.1) is 27.6 Å². The summed E-state index contributed by atoms with van der Waals surface area (Å²) in [6, 6.07) is 48.4. The molecule has 0 radical (unpaired) electrons. The van der Waals surface area contributed by atoms with Gasteiger partial charge in [0.1, 0.15) is 5.65 Å².